The van der Waals surface area contributed by atoms with E-state index in [2.05, 4.69) is 4.98 Å². The SMILES string of the molecule is Cc1ccccn1.N.N.[Cl][Pt][Cl]. The van der Waals surface area contributed by atoms with Crippen molar-refractivity contribution in [3.8, 4) is 0 Å². The first-order valence-corrected chi connectivity index (χ1v) is 8.14. The van der Waals surface area contributed by atoms with Gasteiger partial charge in [0, 0.05) is 11.9 Å². The van der Waals surface area contributed by atoms with Gasteiger partial charge in [0.05, 0.1) is 0 Å². The fourth-order valence-electron chi connectivity index (χ4n) is 0.448. The summed E-state index contributed by atoms with van der Waals surface area (Å²) in [5.41, 5.74) is 1.07. The van der Waals surface area contributed by atoms with Gasteiger partial charge in [0.25, 0.3) is 0 Å². The first kappa shape index (κ1) is 18.2. The van der Waals surface area contributed by atoms with Crippen molar-refractivity contribution in [1.29, 1.82) is 0 Å². The van der Waals surface area contributed by atoms with Crippen molar-refractivity contribution >= 4 is 18.8 Å². The van der Waals surface area contributed by atoms with E-state index in [4.69, 9.17) is 18.8 Å². The van der Waals surface area contributed by atoms with Crippen molar-refractivity contribution in [2.24, 2.45) is 0 Å². The van der Waals surface area contributed by atoms with Crippen LogP contribution in [0.15, 0.2) is 24.4 Å². The second-order valence-corrected chi connectivity index (χ2v) is 4.80. The van der Waals surface area contributed by atoms with E-state index in [1.807, 2.05) is 25.1 Å². The van der Waals surface area contributed by atoms with E-state index in [1.54, 1.807) is 6.20 Å². The molecule has 1 aromatic heterocycles. The van der Waals surface area contributed by atoms with Crippen molar-refractivity contribution in [2.45, 2.75) is 6.92 Å². The average Bonchev–Trinajstić information content (AvgIpc) is 1.91. The summed E-state index contributed by atoms with van der Waals surface area (Å²) in [6.45, 7) is 1.97. The Labute approximate surface area is 89.4 Å². The van der Waals surface area contributed by atoms with E-state index in [0.29, 0.717) is 0 Å². The predicted molar refractivity (Wildman–Crippen MR) is 50.7 cm³/mol. The maximum atomic E-state index is 4.88. The molecule has 0 aliphatic carbocycles. The zero-order chi connectivity index (χ0) is 7.82. The zero-order valence-corrected chi connectivity index (χ0v) is 10.5. The fourth-order valence-corrected chi connectivity index (χ4v) is 0.448. The molecule has 1 aromatic rings. The van der Waals surface area contributed by atoms with Gasteiger partial charge in [-0.25, -0.2) is 0 Å². The van der Waals surface area contributed by atoms with E-state index in [1.165, 1.54) is 0 Å². The van der Waals surface area contributed by atoms with Crippen LogP contribution in [0.1, 0.15) is 5.69 Å². The first-order chi connectivity index (χ1) is 4.81. The second kappa shape index (κ2) is 13.9. The van der Waals surface area contributed by atoms with E-state index in [-0.39, 0.29) is 12.3 Å². The van der Waals surface area contributed by atoms with E-state index < -0.39 is 16.5 Å². The summed E-state index contributed by atoms with van der Waals surface area (Å²) in [5.74, 6) is 0. The molecule has 6 N–H and O–H groups in total. The molecule has 76 valence electrons. The molecular formula is C6H13Cl2N3Pt. The van der Waals surface area contributed by atoms with E-state index >= 15 is 0 Å². The zero-order valence-electron chi connectivity index (χ0n) is 6.74. The Morgan fingerprint density at radius 2 is 1.75 bits per heavy atom. The summed E-state index contributed by atoms with van der Waals surface area (Å²) in [5, 5.41) is 0. The maximum absolute atomic E-state index is 4.88. The second-order valence-electron chi connectivity index (χ2n) is 1.52. The quantitative estimate of drug-likeness (QED) is 0.711. The molecule has 0 saturated carbocycles. The van der Waals surface area contributed by atoms with Crippen LogP contribution in [-0.2, 0) is 16.5 Å². The van der Waals surface area contributed by atoms with Gasteiger partial charge in [0.1, 0.15) is 0 Å². The normalized spacial score (nSPS) is 6.92. The van der Waals surface area contributed by atoms with Crippen molar-refractivity contribution in [3.05, 3.63) is 30.1 Å². The molecule has 0 aliphatic rings. The van der Waals surface area contributed by atoms with Crippen LogP contribution in [0.25, 0.3) is 0 Å². The van der Waals surface area contributed by atoms with Gasteiger partial charge in [-0.1, -0.05) is 6.07 Å². The summed E-state index contributed by atoms with van der Waals surface area (Å²) >= 11 is -0.472. The number of aromatic nitrogens is 1. The number of nitrogens with zero attached hydrogens (tertiary/aromatic N) is 1. The Kier molecular flexibility index (Phi) is 21.1. The molecule has 0 bridgehead atoms. The minimum absolute atomic E-state index is 0. The van der Waals surface area contributed by atoms with Crippen LogP contribution in [0, 0.1) is 6.92 Å². The molecule has 0 aliphatic heterocycles. The number of hydrogen-bond acceptors (Lipinski definition) is 3. The monoisotopic (exact) mass is 392 g/mol. The Balaban J connectivity index is -0.000000146. The van der Waals surface area contributed by atoms with Crippen LogP contribution < -0.4 is 12.3 Å². The molecule has 0 unspecified atom stereocenters. The van der Waals surface area contributed by atoms with Crippen LogP contribution >= 0.6 is 18.8 Å². The van der Waals surface area contributed by atoms with Crippen LogP contribution in [0.3, 0.4) is 0 Å². The van der Waals surface area contributed by atoms with Gasteiger partial charge >= 0.3 is 35.3 Å². The number of rotatable bonds is 0. The molecule has 0 amide bonds. The van der Waals surface area contributed by atoms with Gasteiger partial charge in [0.2, 0.25) is 0 Å². The van der Waals surface area contributed by atoms with Crippen LogP contribution in [0.5, 0.6) is 0 Å². The number of pyridine rings is 1. The number of aryl methyl sites for hydroxylation is 1. The molecule has 0 spiro atoms. The summed E-state index contributed by atoms with van der Waals surface area (Å²) in [4.78, 5) is 3.98. The third-order valence-corrected chi connectivity index (χ3v) is 0.813. The molecule has 12 heavy (non-hydrogen) atoms. The summed E-state index contributed by atoms with van der Waals surface area (Å²) in [6, 6.07) is 5.86. The molecule has 0 saturated heterocycles. The summed E-state index contributed by atoms with van der Waals surface area (Å²) in [6.07, 6.45) is 1.79. The van der Waals surface area contributed by atoms with E-state index in [0.717, 1.165) is 5.69 Å². The molecule has 0 fully saturated rings. The third kappa shape index (κ3) is 13.0. The van der Waals surface area contributed by atoms with Gasteiger partial charge < -0.3 is 12.3 Å². The summed E-state index contributed by atoms with van der Waals surface area (Å²) < 4.78 is 0. The van der Waals surface area contributed by atoms with Crippen LogP contribution in [0.4, 0.5) is 0 Å². The topological polar surface area (TPSA) is 82.9 Å². The van der Waals surface area contributed by atoms with E-state index in [9.17, 15) is 0 Å². The number of halogens is 2. The molecule has 3 nitrogen and oxygen atoms in total. The molecule has 0 atom stereocenters. The van der Waals surface area contributed by atoms with Gasteiger partial charge in [-0.2, -0.15) is 0 Å². The van der Waals surface area contributed by atoms with Crippen LogP contribution in [0.2, 0.25) is 0 Å². The summed E-state index contributed by atoms with van der Waals surface area (Å²) in [7, 11) is 9.75. The molecule has 6 heteroatoms. The molecular weight excluding hydrogens is 380 g/mol. The Morgan fingerprint density at radius 3 is 1.92 bits per heavy atom. The standard InChI is InChI=1S/C6H7N.2ClH.2H3N.Pt/c1-6-4-2-3-5-7-6;;;;;/h2-5H,1H3;2*1H;2*1H3;/q;;;;;+2/p-2. The van der Waals surface area contributed by atoms with Gasteiger partial charge in [-0.05, 0) is 19.1 Å². The Hall–Kier alpha value is 0.338. The molecule has 1 rings (SSSR count). The van der Waals surface area contributed by atoms with Gasteiger partial charge in [-0.15, -0.1) is 0 Å². The molecule has 0 radical (unpaired) electrons. The number of hydrogen-bond donors (Lipinski definition) is 2. The van der Waals surface area contributed by atoms with Crippen molar-refractivity contribution < 1.29 is 16.5 Å². The molecule has 0 aromatic carbocycles. The first-order valence-electron chi connectivity index (χ1n) is 2.51. The van der Waals surface area contributed by atoms with Crippen LogP contribution in [-0.4, -0.2) is 4.98 Å². The average molecular weight is 393 g/mol. The fraction of sp³-hybridized carbons (Fsp3) is 0.167. The predicted octanol–water partition coefficient (Wildman–Crippen LogP) is 3.09. The molecule has 1 heterocycles. The Morgan fingerprint density at radius 1 is 1.25 bits per heavy atom. The minimum atomic E-state index is -0.472. The van der Waals surface area contributed by atoms with Gasteiger partial charge in [0.15, 0.2) is 0 Å². The van der Waals surface area contributed by atoms with Gasteiger partial charge in [-0.3, -0.25) is 4.98 Å². The third-order valence-electron chi connectivity index (χ3n) is 0.813. The Bertz CT molecular complexity index is 162. The van der Waals surface area contributed by atoms with Crippen molar-refractivity contribution in [1.82, 2.24) is 17.3 Å². The van der Waals surface area contributed by atoms with Crippen molar-refractivity contribution in [2.75, 3.05) is 0 Å². The van der Waals surface area contributed by atoms with Crippen molar-refractivity contribution in [3.63, 3.8) is 0 Å².